The predicted molar refractivity (Wildman–Crippen MR) is 114 cm³/mol. The van der Waals surface area contributed by atoms with Gasteiger partial charge in [-0.05, 0) is 53.3 Å². The minimum Gasteiger partial charge on any atom is -0.504 e. The normalized spacial score (nSPS) is 21.5. The highest BCUT2D eigenvalue weighted by Crippen LogP contribution is 2.55. The van der Waals surface area contributed by atoms with Crippen LogP contribution in [0.3, 0.4) is 0 Å². The lowest BCUT2D eigenvalue weighted by Crippen LogP contribution is -2.31. The zero-order valence-electron chi connectivity index (χ0n) is 16.1. The fourth-order valence-electron chi connectivity index (χ4n) is 4.99. The lowest BCUT2D eigenvalue weighted by atomic mass is 9.75. The van der Waals surface area contributed by atoms with Crippen LogP contribution in [0.15, 0.2) is 60.7 Å². The number of benzene rings is 3. The Labute approximate surface area is 169 Å². The fourth-order valence-corrected chi connectivity index (χ4v) is 4.99. The molecule has 146 valence electrons. The van der Waals surface area contributed by atoms with Gasteiger partial charge in [-0.15, -0.1) is 0 Å². The van der Waals surface area contributed by atoms with Crippen molar-refractivity contribution < 1.29 is 9.84 Å². The maximum atomic E-state index is 10.8. The standard InChI is InChI=1S/C24H23N3O2/c1-29-20-8-4-7-16(23(20)28)22-18-11-13-5-2-3-6-15(13)21(18)17-12-14(24(25)26)9-10-19(17)27-22/h2-10,12,18,21-22,27-28H,11H2,1H3,(H3,25,26). The molecule has 0 amide bonds. The number of rotatable bonds is 3. The van der Waals surface area contributed by atoms with Gasteiger partial charge in [0.25, 0.3) is 0 Å². The number of amidine groups is 1. The van der Waals surface area contributed by atoms with Crippen molar-refractivity contribution in [1.82, 2.24) is 0 Å². The summed E-state index contributed by atoms with van der Waals surface area (Å²) in [6.07, 6.45) is 0.916. The number of phenolic OH excluding ortho intramolecular Hbond substituents is 1. The number of fused-ring (bicyclic) bond motifs is 5. The number of nitrogens with two attached hydrogens (primary N) is 1. The van der Waals surface area contributed by atoms with Crippen molar-refractivity contribution in [2.24, 2.45) is 11.7 Å². The highest BCUT2D eigenvalue weighted by molar-refractivity contribution is 5.95. The zero-order chi connectivity index (χ0) is 20.1. The van der Waals surface area contributed by atoms with E-state index in [-0.39, 0.29) is 29.5 Å². The minimum absolute atomic E-state index is 0.0572. The Balaban J connectivity index is 1.70. The summed E-state index contributed by atoms with van der Waals surface area (Å²) in [7, 11) is 1.57. The number of nitrogens with one attached hydrogen (secondary N) is 2. The minimum atomic E-state index is -0.0572. The van der Waals surface area contributed by atoms with E-state index in [1.54, 1.807) is 13.2 Å². The molecule has 5 N–H and O–H groups in total. The molecule has 5 rings (SSSR count). The Bertz CT molecular complexity index is 1120. The Kier molecular flexibility index (Phi) is 3.98. The highest BCUT2D eigenvalue weighted by atomic mass is 16.5. The molecule has 0 spiro atoms. The molecule has 3 aromatic carbocycles. The molecule has 0 saturated heterocycles. The third-order valence-corrected chi connectivity index (χ3v) is 6.30. The number of hydrogen-bond donors (Lipinski definition) is 4. The van der Waals surface area contributed by atoms with Crippen molar-refractivity contribution in [2.75, 3.05) is 12.4 Å². The molecule has 1 heterocycles. The van der Waals surface area contributed by atoms with Crippen LogP contribution in [0.2, 0.25) is 0 Å². The molecule has 0 aromatic heterocycles. The Morgan fingerprint density at radius 1 is 1.07 bits per heavy atom. The first kappa shape index (κ1) is 17.6. The summed E-state index contributed by atoms with van der Waals surface area (Å²) < 4.78 is 5.35. The molecule has 0 bridgehead atoms. The van der Waals surface area contributed by atoms with Crippen LogP contribution in [0, 0.1) is 11.3 Å². The molecule has 0 radical (unpaired) electrons. The van der Waals surface area contributed by atoms with E-state index in [2.05, 4.69) is 29.6 Å². The Morgan fingerprint density at radius 2 is 1.86 bits per heavy atom. The average molecular weight is 385 g/mol. The third kappa shape index (κ3) is 2.65. The van der Waals surface area contributed by atoms with Crippen molar-refractivity contribution in [3.63, 3.8) is 0 Å². The molecule has 5 heteroatoms. The van der Waals surface area contributed by atoms with Gasteiger partial charge in [-0.2, -0.15) is 0 Å². The van der Waals surface area contributed by atoms with Crippen LogP contribution in [0.25, 0.3) is 0 Å². The van der Waals surface area contributed by atoms with E-state index in [4.69, 9.17) is 15.9 Å². The summed E-state index contributed by atoms with van der Waals surface area (Å²) in [6.45, 7) is 0. The molecule has 0 fully saturated rings. The van der Waals surface area contributed by atoms with Crippen molar-refractivity contribution in [3.8, 4) is 11.5 Å². The van der Waals surface area contributed by atoms with E-state index < -0.39 is 0 Å². The maximum Gasteiger partial charge on any atom is 0.163 e. The van der Waals surface area contributed by atoms with Gasteiger partial charge in [0.2, 0.25) is 0 Å². The molecular formula is C24H23N3O2. The Morgan fingerprint density at radius 3 is 2.66 bits per heavy atom. The maximum absolute atomic E-state index is 10.8. The van der Waals surface area contributed by atoms with Gasteiger partial charge in [0.1, 0.15) is 5.84 Å². The first-order chi connectivity index (χ1) is 14.1. The monoisotopic (exact) mass is 385 g/mol. The molecule has 2 aliphatic rings. The summed E-state index contributed by atoms with van der Waals surface area (Å²) in [6, 6.07) is 20.0. The van der Waals surface area contributed by atoms with Crippen molar-refractivity contribution in [2.45, 2.75) is 18.4 Å². The molecule has 3 unspecified atom stereocenters. The molecule has 0 saturated carbocycles. The smallest absolute Gasteiger partial charge is 0.163 e. The largest absolute Gasteiger partial charge is 0.504 e. The molecule has 1 aliphatic heterocycles. The molecule has 3 aromatic rings. The number of nitrogen functional groups attached to an aromatic ring is 1. The Hall–Kier alpha value is -3.47. The van der Waals surface area contributed by atoms with Gasteiger partial charge in [0, 0.05) is 22.7 Å². The van der Waals surface area contributed by atoms with E-state index in [0.717, 1.165) is 28.8 Å². The molecule has 29 heavy (non-hydrogen) atoms. The van der Waals surface area contributed by atoms with Crippen LogP contribution in [0.5, 0.6) is 11.5 Å². The summed E-state index contributed by atoms with van der Waals surface area (Å²) >= 11 is 0. The summed E-state index contributed by atoms with van der Waals surface area (Å²) in [5.74, 6) is 1.15. The second-order valence-electron chi connectivity index (χ2n) is 7.78. The van der Waals surface area contributed by atoms with Crippen LogP contribution in [0.4, 0.5) is 5.69 Å². The quantitative estimate of drug-likeness (QED) is 0.402. The van der Waals surface area contributed by atoms with Gasteiger partial charge in [-0.3, -0.25) is 5.41 Å². The fraction of sp³-hybridized carbons (Fsp3) is 0.208. The van der Waals surface area contributed by atoms with Crippen molar-refractivity contribution in [3.05, 3.63) is 88.5 Å². The van der Waals surface area contributed by atoms with E-state index in [0.29, 0.717) is 5.75 Å². The summed E-state index contributed by atoms with van der Waals surface area (Å²) in [5, 5.41) is 22.3. The third-order valence-electron chi connectivity index (χ3n) is 6.30. The number of hydrogen-bond acceptors (Lipinski definition) is 4. The van der Waals surface area contributed by atoms with Gasteiger partial charge in [-0.25, -0.2) is 0 Å². The highest BCUT2D eigenvalue weighted by Gasteiger charge is 2.44. The number of ether oxygens (including phenoxy) is 1. The zero-order valence-corrected chi connectivity index (χ0v) is 16.1. The van der Waals surface area contributed by atoms with Gasteiger partial charge < -0.3 is 20.9 Å². The summed E-state index contributed by atoms with van der Waals surface area (Å²) in [4.78, 5) is 0. The number of phenols is 1. The van der Waals surface area contributed by atoms with Gasteiger partial charge in [0.05, 0.1) is 13.2 Å². The van der Waals surface area contributed by atoms with E-state index in [1.165, 1.54) is 11.1 Å². The van der Waals surface area contributed by atoms with Crippen LogP contribution in [-0.2, 0) is 6.42 Å². The van der Waals surface area contributed by atoms with Crippen molar-refractivity contribution >= 4 is 11.5 Å². The second-order valence-corrected chi connectivity index (χ2v) is 7.78. The van der Waals surface area contributed by atoms with Crippen LogP contribution in [0.1, 0.15) is 39.8 Å². The topological polar surface area (TPSA) is 91.4 Å². The van der Waals surface area contributed by atoms with Gasteiger partial charge >= 0.3 is 0 Å². The SMILES string of the molecule is COc1cccc(C2Nc3ccc(C(=N)N)cc3C3c4ccccc4CC23)c1O. The number of methoxy groups -OCH3 is 1. The first-order valence-electron chi connectivity index (χ1n) is 9.77. The van der Waals surface area contributed by atoms with Gasteiger partial charge in [-0.1, -0.05) is 36.4 Å². The van der Waals surface area contributed by atoms with E-state index in [9.17, 15) is 5.11 Å². The molecule has 3 atom stereocenters. The van der Waals surface area contributed by atoms with Gasteiger partial charge in [0.15, 0.2) is 11.5 Å². The van der Waals surface area contributed by atoms with Crippen molar-refractivity contribution in [1.29, 1.82) is 5.41 Å². The summed E-state index contributed by atoms with van der Waals surface area (Å²) in [5.41, 5.74) is 12.2. The van der Waals surface area contributed by atoms with Crippen LogP contribution in [-0.4, -0.2) is 18.1 Å². The first-order valence-corrected chi connectivity index (χ1v) is 9.77. The molecular weight excluding hydrogens is 362 g/mol. The molecule has 5 nitrogen and oxygen atoms in total. The number of aromatic hydroxyl groups is 1. The number of anilines is 1. The second kappa shape index (κ2) is 6.55. The van der Waals surface area contributed by atoms with Crippen LogP contribution >= 0.6 is 0 Å². The molecule has 1 aliphatic carbocycles. The predicted octanol–water partition coefficient (Wildman–Crippen LogP) is 4.16. The average Bonchev–Trinajstić information content (AvgIpc) is 3.13. The van der Waals surface area contributed by atoms with E-state index in [1.807, 2.05) is 30.3 Å². The van der Waals surface area contributed by atoms with E-state index >= 15 is 0 Å². The van der Waals surface area contributed by atoms with Crippen LogP contribution < -0.4 is 15.8 Å². The lowest BCUT2D eigenvalue weighted by molar-refractivity contribution is 0.358. The lowest BCUT2D eigenvalue weighted by Gasteiger charge is -2.38. The number of para-hydroxylation sites is 1.